The highest BCUT2D eigenvalue weighted by atomic mass is 15.1. The van der Waals surface area contributed by atoms with Crippen LogP contribution in [0.5, 0.6) is 0 Å². The van der Waals surface area contributed by atoms with Crippen LogP contribution in [0, 0.1) is 0 Å². The normalized spacial score (nSPS) is 25.9. The lowest BCUT2D eigenvalue weighted by Gasteiger charge is -1.91. The molecule has 0 bridgehead atoms. The molecule has 1 N–H and O–H groups in total. The van der Waals surface area contributed by atoms with Gasteiger partial charge in [-0.25, -0.2) is 9.89 Å². The van der Waals surface area contributed by atoms with E-state index in [0.717, 1.165) is 0 Å². The Labute approximate surface area is 48.8 Å². The molecule has 0 aromatic rings. The third kappa shape index (κ3) is 1.04. The number of rotatable bonds is 1. The summed E-state index contributed by atoms with van der Waals surface area (Å²) in [6.45, 7) is 1.99. The van der Waals surface area contributed by atoms with Gasteiger partial charge in [0.05, 0.1) is 6.20 Å². The van der Waals surface area contributed by atoms with Gasteiger partial charge in [0.1, 0.15) is 12.4 Å². The van der Waals surface area contributed by atoms with Crippen LogP contribution in [0.3, 0.4) is 0 Å². The average molecular weight is 109 g/mol. The van der Waals surface area contributed by atoms with Gasteiger partial charge in [0.15, 0.2) is 6.34 Å². The topological polar surface area (TPSA) is 16.8 Å². The lowest BCUT2D eigenvalue weighted by molar-refractivity contribution is -0.671. The number of nitrogens with zero attached hydrogens (tertiary/aromatic N) is 1. The van der Waals surface area contributed by atoms with Crippen molar-refractivity contribution in [2.45, 2.75) is 6.92 Å². The second-order valence-electron chi connectivity index (χ2n) is 1.59. The maximum absolute atomic E-state index is 3.89. The molecule has 0 saturated carbocycles. The molecule has 1 unspecified atom stereocenters. The number of hydrogen-bond donors (Lipinski definition) is 1. The Kier molecular flexibility index (Phi) is 1.59. The molecule has 42 valence electrons. The third-order valence-electron chi connectivity index (χ3n) is 0.936. The van der Waals surface area contributed by atoms with Gasteiger partial charge in [0.25, 0.3) is 0 Å². The van der Waals surface area contributed by atoms with E-state index in [-0.39, 0.29) is 0 Å². The highest BCUT2D eigenvalue weighted by Gasteiger charge is 1.96. The minimum atomic E-state index is 1.17. The van der Waals surface area contributed by atoms with E-state index in [1.807, 2.05) is 31.7 Å². The molecule has 0 radical (unpaired) electrons. The van der Waals surface area contributed by atoms with Gasteiger partial charge in [0, 0.05) is 0 Å². The molecule has 1 heterocycles. The van der Waals surface area contributed by atoms with Crippen molar-refractivity contribution in [3.8, 4) is 0 Å². The molecule has 0 fully saturated rings. The molecule has 0 aromatic carbocycles. The highest BCUT2D eigenvalue weighted by molar-refractivity contribution is 5.48. The van der Waals surface area contributed by atoms with Crippen molar-refractivity contribution in [3.05, 3.63) is 24.7 Å². The first-order valence-electron chi connectivity index (χ1n) is 2.63. The van der Waals surface area contributed by atoms with Gasteiger partial charge in [0.2, 0.25) is 0 Å². The Bertz CT molecular complexity index is 133. The van der Waals surface area contributed by atoms with E-state index in [1.54, 1.807) is 6.20 Å². The van der Waals surface area contributed by atoms with Gasteiger partial charge in [-0.05, 0) is 13.0 Å². The first kappa shape index (κ1) is 5.25. The predicted molar refractivity (Wildman–Crippen MR) is 33.4 cm³/mol. The van der Waals surface area contributed by atoms with E-state index in [2.05, 4.69) is 4.99 Å². The Morgan fingerprint density at radius 2 is 2.50 bits per heavy atom. The van der Waals surface area contributed by atoms with Crippen LogP contribution < -0.4 is 4.90 Å². The van der Waals surface area contributed by atoms with Gasteiger partial charge < -0.3 is 0 Å². The van der Waals surface area contributed by atoms with Crippen molar-refractivity contribution in [2.75, 3.05) is 0 Å². The zero-order chi connectivity index (χ0) is 5.82. The minimum absolute atomic E-state index is 1.17. The summed E-state index contributed by atoms with van der Waals surface area (Å²) in [6.07, 6.45) is 9.61. The van der Waals surface area contributed by atoms with Crippen LogP contribution in [0.4, 0.5) is 0 Å². The van der Waals surface area contributed by atoms with Gasteiger partial charge in [-0.1, -0.05) is 0 Å². The molecular weight excluding hydrogens is 100 g/mol. The minimum Gasteiger partial charge on any atom is -0.239 e. The molecule has 1 aliphatic heterocycles. The van der Waals surface area contributed by atoms with Crippen LogP contribution in [0.15, 0.2) is 29.7 Å². The SMILES string of the molecule is CC=C[NH+]1C=CN=C1. The Morgan fingerprint density at radius 3 is 3.00 bits per heavy atom. The number of quaternary nitrogens is 1. The zero-order valence-electron chi connectivity index (χ0n) is 4.83. The van der Waals surface area contributed by atoms with E-state index >= 15 is 0 Å². The predicted octanol–water partition coefficient (Wildman–Crippen LogP) is -0.0820. The number of nitrogens with one attached hydrogen (secondary N) is 1. The molecule has 1 aliphatic rings. The number of hydrogen-bond acceptors (Lipinski definition) is 1. The van der Waals surface area contributed by atoms with Crippen LogP contribution in [0.2, 0.25) is 0 Å². The molecule has 0 aromatic heterocycles. The van der Waals surface area contributed by atoms with Crippen molar-refractivity contribution in [1.29, 1.82) is 0 Å². The maximum atomic E-state index is 3.89. The third-order valence-corrected chi connectivity index (χ3v) is 0.936. The first-order chi connectivity index (χ1) is 3.93. The fraction of sp³-hybridized carbons (Fsp3) is 0.167. The van der Waals surface area contributed by atoms with Gasteiger partial charge in [-0.3, -0.25) is 0 Å². The Balaban J connectivity index is 2.49. The van der Waals surface area contributed by atoms with E-state index in [4.69, 9.17) is 0 Å². The van der Waals surface area contributed by atoms with Gasteiger partial charge in [-0.15, -0.1) is 0 Å². The lowest BCUT2D eigenvalue weighted by Crippen LogP contribution is -3.00. The second-order valence-corrected chi connectivity index (χ2v) is 1.59. The highest BCUT2D eigenvalue weighted by Crippen LogP contribution is 1.70. The molecule has 0 aliphatic carbocycles. The summed E-state index contributed by atoms with van der Waals surface area (Å²) < 4.78 is 0. The molecule has 1 rings (SSSR count). The van der Waals surface area contributed by atoms with E-state index in [0.29, 0.717) is 0 Å². The summed E-state index contributed by atoms with van der Waals surface area (Å²) >= 11 is 0. The fourth-order valence-electron chi connectivity index (χ4n) is 0.592. The zero-order valence-corrected chi connectivity index (χ0v) is 4.83. The largest absolute Gasteiger partial charge is 0.239 e. The van der Waals surface area contributed by atoms with E-state index in [1.165, 1.54) is 4.90 Å². The van der Waals surface area contributed by atoms with Crippen molar-refractivity contribution in [1.82, 2.24) is 0 Å². The van der Waals surface area contributed by atoms with Crippen LogP contribution in [0.25, 0.3) is 0 Å². The number of aliphatic imine (C=N–C) groups is 1. The van der Waals surface area contributed by atoms with Crippen LogP contribution in [-0.4, -0.2) is 6.34 Å². The second kappa shape index (κ2) is 2.43. The molecule has 0 spiro atoms. The smallest absolute Gasteiger partial charge is 0.197 e. The summed E-state index contributed by atoms with van der Waals surface area (Å²) in [5.74, 6) is 0. The molecular formula is C6H9N2+. The van der Waals surface area contributed by atoms with Crippen molar-refractivity contribution >= 4 is 6.34 Å². The summed E-state index contributed by atoms with van der Waals surface area (Å²) in [6, 6.07) is 0. The Hall–Kier alpha value is -0.890. The maximum Gasteiger partial charge on any atom is 0.197 e. The molecule has 2 heteroatoms. The molecule has 1 atom stereocenters. The van der Waals surface area contributed by atoms with Crippen LogP contribution in [0.1, 0.15) is 6.92 Å². The molecule has 0 amide bonds. The summed E-state index contributed by atoms with van der Waals surface area (Å²) in [7, 11) is 0. The van der Waals surface area contributed by atoms with Gasteiger partial charge >= 0.3 is 0 Å². The van der Waals surface area contributed by atoms with Gasteiger partial charge in [-0.2, -0.15) is 0 Å². The molecule has 2 nitrogen and oxygen atoms in total. The van der Waals surface area contributed by atoms with Crippen molar-refractivity contribution in [2.24, 2.45) is 4.99 Å². The summed E-state index contributed by atoms with van der Waals surface area (Å²) in [5.41, 5.74) is 0. The number of allylic oxidation sites excluding steroid dienone is 1. The molecule has 0 saturated heterocycles. The molecule has 8 heavy (non-hydrogen) atoms. The average Bonchev–Trinajstić information content (AvgIpc) is 2.19. The van der Waals surface area contributed by atoms with Crippen molar-refractivity contribution in [3.63, 3.8) is 0 Å². The quantitative estimate of drug-likeness (QED) is 0.485. The van der Waals surface area contributed by atoms with Crippen molar-refractivity contribution < 1.29 is 4.90 Å². The monoisotopic (exact) mass is 109 g/mol. The van der Waals surface area contributed by atoms with Crippen LogP contribution >= 0.6 is 0 Å². The summed E-state index contributed by atoms with van der Waals surface area (Å²) in [5, 5.41) is 0. The Morgan fingerprint density at radius 1 is 1.62 bits per heavy atom. The first-order valence-corrected chi connectivity index (χ1v) is 2.63. The fourth-order valence-corrected chi connectivity index (χ4v) is 0.592. The lowest BCUT2D eigenvalue weighted by atomic mass is 10.6. The standard InChI is InChI=1S/C6H8N2/c1-2-4-8-5-3-7-6-8/h2-6H,1H3/p+1. The van der Waals surface area contributed by atoms with Crippen LogP contribution in [-0.2, 0) is 0 Å². The summed E-state index contributed by atoms with van der Waals surface area (Å²) in [4.78, 5) is 5.06. The van der Waals surface area contributed by atoms with E-state index < -0.39 is 0 Å². The van der Waals surface area contributed by atoms with E-state index in [9.17, 15) is 0 Å².